The third kappa shape index (κ3) is 9.71. The highest BCUT2D eigenvalue weighted by Crippen LogP contribution is 2.42. The van der Waals surface area contributed by atoms with Crippen LogP contribution in [0.5, 0.6) is 11.5 Å². The zero-order chi connectivity index (χ0) is 25.9. The molecule has 1 aliphatic heterocycles. The molecule has 14 heteroatoms. The lowest BCUT2D eigenvalue weighted by atomic mass is 9.88. The number of nitrogens with zero attached hydrogens (tertiary/aromatic N) is 2. The van der Waals surface area contributed by atoms with E-state index in [1.54, 1.807) is 0 Å². The molecular formula is C20H30N2O10S2. The van der Waals surface area contributed by atoms with Gasteiger partial charge in [-0.3, -0.25) is 4.79 Å². The molecule has 192 valence electrons. The first-order chi connectivity index (χ1) is 15.9. The molecule has 0 fully saturated rings. The molecule has 1 unspecified atom stereocenters. The number of hydrogen-bond donors (Lipinski definition) is 1. The SMILES string of the molecule is Cc1c(C)c2c(c(C)c1O)CCC(C)(C)O2.O=COCCSSCC(CO[N+](=O)[O-])O[N+](=O)[O-]. The molecular weight excluding hydrogens is 492 g/mol. The number of phenolic OH excluding ortho intramolecular Hbond substituents is 1. The van der Waals surface area contributed by atoms with E-state index < -0.39 is 22.9 Å². The fourth-order valence-electron chi connectivity index (χ4n) is 3.05. The minimum absolute atomic E-state index is 0.0897. The number of fused-ring (bicyclic) bond motifs is 1. The summed E-state index contributed by atoms with van der Waals surface area (Å²) in [5, 5.41) is 28.0. The predicted molar refractivity (Wildman–Crippen MR) is 127 cm³/mol. The van der Waals surface area contributed by atoms with Gasteiger partial charge in [0.25, 0.3) is 16.6 Å². The Bertz CT molecular complexity index is 866. The molecule has 1 aromatic carbocycles. The van der Waals surface area contributed by atoms with E-state index >= 15 is 0 Å². The summed E-state index contributed by atoms with van der Waals surface area (Å²) in [5.41, 5.74) is 4.08. The van der Waals surface area contributed by atoms with Crippen LogP contribution in [0.25, 0.3) is 0 Å². The van der Waals surface area contributed by atoms with Crippen molar-refractivity contribution in [3.05, 3.63) is 42.5 Å². The molecule has 0 radical (unpaired) electrons. The maximum absolute atomic E-state index is 10.1. The normalized spacial score (nSPS) is 14.4. The Labute approximate surface area is 205 Å². The summed E-state index contributed by atoms with van der Waals surface area (Å²) in [6.07, 6.45) is 0.959. The van der Waals surface area contributed by atoms with Gasteiger partial charge in [0.1, 0.15) is 36.4 Å². The number of rotatable bonds is 12. The molecule has 0 aliphatic carbocycles. The Morgan fingerprint density at radius 3 is 2.41 bits per heavy atom. The third-order valence-electron chi connectivity index (χ3n) is 4.99. The monoisotopic (exact) mass is 522 g/mol. The Morgan fingerprint density at radius 2 is 1.82 bits per heavy atom. The molecule has 1 aliphatic rings. The fourth-order valence-corrected chi connectivity index (χ4v) is 5.04. The van der Waals surface area contributed by atoms with E-state index in [1.807, 2.05) is 20.8 Å². The van der Waals surface area contributed by atoms with Gasteiger partial charge in [-0.1, -0.05) is 21.6 Å². The van der Waals surface area contributed by atoms with Gasteiger partial charge in [0.15, 0.2) is 0 Å². The summed E-state index contributed by atoms with van der Waals surface area (Å²) < 4.78 is 10.5. The molecule has 0 saturated carbocycles. The fraction of sp³-hybridized carbons (Fsp3) is 0.650. The van der Waals surface area contributed by atoms with Crippen molar-refractivity contribution in [1.82, 2.24) is 0 Å². The number of ether oxygens (including phenoxy) is 2. The highest BCUT2D eigenvalue weighted by atomic mass is 33.1. The molecule has 0 bridgehead atoms. The summed E-state index contributed by atoms with van der Waals surface area (Å²) in [6, 6.07) is 0. The van der Waals surface area contributed by atoms with Crippen LogP contribution in [-0.4, -0.2) is 58.2 Å². The highest BCUT2D eigenvalue weighted by molar-refractivity contribution is 8.76. The van der Waals surface area contributed by atoms with Crippen molar-refractivity contribution < 1.29 is 39.2 Å². The smallest absolute Gasteiger partial charge is 0.294 e. The van der Waals surface area contributed by atoms with Gasteiger partial charge in [-0.2, -0.15) is 0 Å². The maximum Gasteiger partial charge on any atom is 0.294 e. The van der Waals surface area contributed by atoms with E-state index in [9.17, 15) is 30.1 Å². The Kier molecular flexibility index (Phi) is 12.1. The summed E-state index contributed by atoms with van der Waals surface area (Å²) in [6.45, 7) is 10.2. The Balaban J connectivity index is 0.000000341. The first kappa shape index (κ1) is 29.4. The molecule has 1 atom stereocenters. The van der Waals surface area contributed by atoms with Crippen LogP contribution in [0.3, 0.4) is 0 Å². The van der Waals surface area contributed by atoms with Crippen molar-refractivity contribution in [2.45, 2.75) is 59.2 Å². The molecule has 1 aromatic rings. The molecule has 1 N–H and O–H groups in total. The summed E-state index contributed by atoms with van der Waals surface area (Å²) in [7, 11) is 2.48. The van der Waals surface area contributed by atoms with Crippen molar-refractivity contribution >= 4 is 28.1 Å². The van der Waals surface area contributed by atoms with Crippen LogP contribution >= 0.6 is 21.6 Å². The minimum atomic E-state index is -1.05. The molecule has 12 nitrogen and oxygen atoms in total. The maximum atomic E-state index is 10.1. The van der Waals surface area contributed by atoms with Gasteiger partial charge >= 0.3 is 0 Å². The van der Waals surface area contributed by atoms with Gasteiger partial charge in [-0.05, 0) is 64.2 Å². The molecule has 34 heavy (non-hydrogen) atoms. The quantitative estimate of drug-likeness (QED) is 0.139. The van der Waals surface area contributed by atoms with E-state index in [1.165, 1.54) is 27.2 Å². The van der Waals surface area contributed by atoms with Crippen molar-refractivity contribution in [1.29, 1.82) is 0 Å². The van der Waals surface area contributed by atoms with Crippen LogP contribution < -0.4 is 4.74 Å². The van der Waals surface area contributed by atoms with E-state index in [0.29, 0.717) is 18.0 Å². The number of hydrogen-bond acceptors (Lipinski definition) is 12. The first-order valence-corrected chi connectivity index (χ1v) is 12.8. The van der Waals surface area contributed by atoms with Crippen molar-refractivity contribution in [3.8, 4) is 11.5 Å². The van der Waals surface area contributed by atoms with E-state index in [-0.39, 0.29) is 18.0 Å². The van der Waals surface area contributed by atoms with Crippen LogP contribution in [-0.2, 0) is 25.6 Å². The van der Waals surface area contributed by atoms with Crippen molar-refractivity contribution in [3.63, 3.8) is 0 Å². The molecule has 1 heterocycles. The Morgan fingerprint density at radius 1 is 1.15 bits per heavy atom. The lowest BCUT2D eigenvalue weighted by molar-refractivity contribution is -0.788. The van der Waals surface area contributed by atoms with Crippen LogP contribution in [0.15, 0.2) is 0 Å². The average Bonchev–Trinajstić information content (AvgIpc) is 2.76. The third-order valence-corrected chi connectivity index (χ3v) is 7.40. The number of carbonyl (C=O) groups is 1. The largest absolute Gasteiger partial charge is 0.507 e. The average molecular weight is 523 g/mol. The second-order valence-electron chi connectivity index (χ2n) is 7.94. The number of carbonyl (C=O) groups excluding carboxylic acids is 1. The van der Waals surface area contributed by atoms with Crippen molar-refractivity contribution in [2.75, 3.05) is 24.7 Å². The number of phenols is 1. The molecule has 0 aromatic heterocycles. The molecule has 2 rings (SSSR count). The van der Waals surface area contributed by atoms with Crippen LogP contribution in [0, 0.1) is 41.0 Å². The Hall–Kier alpha value is -2.61. The number of benzene rings is 1. The first-order valence-electron chi connectivity index (χ1n) is 10.3. The lowest BCUT2D eigenvalue weighted by Crippen LogP contribution is -2.33. The summed E-state index contributed by atoms with van der Waals surface area (Å²) in [4.78, 5) is 38.0. The van der Waals surface area contributed by atoms with Gasteiger partial charge in [-0.25, -0.2) is 0 Å². The van der Waals surface area contributed by atoms with Gasteiger partial charge in [0, 0.05) is 17.1 Å². The summed E-state index contributed by atoms with van der Waals surface area (Å²) in [5.74, 6) is 2.04. The molecule has 0 amide bonds. The second kappa shape index (κ2) is 13.9. The standard InChI is InChI=1S/C14H20O2.C6H10N2O8S2/c1-8-9(2)13-11(10(3)12(8)15)6-7-14(4,5)16-13;9-5-14-1-2-17-18-4-6(16-8(12)13)3-15-7(10)11/h15H,6-7H2,1-5H3;5-6H,1-4H2. The molecule has 0 saturated heterocycles. The zero-order valence-electron chi connectivity index (χ0n) is 19.7. The zero-order valence-corrected chi connectivity index (χ0v) is 21.4. The number of aromatic hydroxyl groups is 1. The van der Waals surface area contributed by atoms with E-state index in [4.69, 9.17) is 4.74 Å². The van der Waals surface area contributed by atoms with Gasteiger partial charge in [0.05, 0.1) is 0 Å². The highest BCUT2D eigenvalue weighted by Gasteiger charge is 2.30. The van der Waals surface area contributed by atoms with Crippen molar-refractivity contribution in [2.24, 2.45) is 0 Å². The minimum Gasteiger partial charge on any atom is -0.507 e. The van der Waals surface area contributed by atoms with Crippen LogP contribution in [0.2, 0.25) is 0 Å². The second-order valence-corrected chi connectivity index (χ2v) is 10.6. The van der Waals surface area contributed by atoms with Crippen LogP contribution in [0.1, 0.15) is 42.5 Å². The van der Waals surface area contributed by atoms with E-state index in [2.05, 4.69) is 28.3 Å². The topological polar surface area (TPSA) is 161 Å². The van der Waals surface area contributed by atoms with Gasteiger partial charge in [-0.15, -0.1) is 20.2 Å². The lowest BCUT2D eigenvalue weighted by Gasteiger charge is -2.35. The predicted octanol–water partition coefficient (Wildman–Crippen LogP) is 3.75. The summed E-state index contributed by atoms with van der Waals surface area (Å²) >= 11 is 0. The van der Waals surface area contributed by atoms with E-state index in [0.717, 1.165) is 35.3 Å². The van der Waals surface area contributed by atoms with Gasteiger partial charge < -0.3 is 24.3 Å². The molecule has 0 spiro atoms. The van der Waals surface area contributed by atoms with Crippen LogP contribution in [0.4, 0.5) is 0 Å². The van der Waals surface area contributed by atoms with Gasteiger partial charge in [0.2, 0.25) is 0 Å².